The third-order valence-electron chi connectivity index (χ3n) is 3.77. The minimum absolute atomic E-state index is 0.154. The molecule has 1 saturated heterocycles. The Hall–Kier alpha value is -2.18. The maximum Gasteiger partial charge on any atom is 0.339 e. The Morgan fingerprint density at radius 2 is 2.30 bits per heavy atom. The van der Waals surface area contributed by atoms with Gasteiger partial charge < -0.3 is 10.0 Å². The fraction of sp³-hybridized carbons (Fsp3) is 0.538. The molecule has 1 fully saturated rings. The zero-order chi connectivity index (χ0) is 14.3. The summed E-state index contributed by atoms with van der Waals surface area (Å²) in [5.74, 6) is 0.704. The van der Waals surface area contributed by atoms with Crippen LogP contribution in [0.4, 0.5) is 5.95 Å². The van der Waals surface area contributed by atoms with Crippen molar-refractivity contribution in [3.63, 3.8) is 0 Å². The SMILES string of the molecule is Cc1c(C(=O)O)cnc2nc(N3CCCC(C)C3)nn12. The normalized spacial score (nSPS) is 19.5. The Morgan fingerprint density at radius 1 is 1.50 bits per heavy atom. The van der Waals surface area contributed by atoms with Gasteiger partial charge in [0, 0.05) is 19.3 Å². The molecule has 7 nitrogen and oxygen atoms in total. The van der Waals surface area contributed by atoms with Gasteiger partial charge in [0.05, 0.1) is 11.3 Å². The smallest absolute Gasteiger partial charge is 0.339 e. The van der Waals surface area contributed by atoms with Gasteiger partial charge in [-0.3, -0.25) is 0 Å². The summed E-state index contributed by atoms with van der Waals surface area (Å²) in [4.78, 5) is 21.7. The highest BCUT2D eigenvalue weighted by atomic mass is 16.4. The first-order valence-corrected chi connectivity index (χ1v) is 6.77. The van der Waals surface area contributed by atoms with E-state index in [2.05, 4.69) is 26.9 Å². The van der Waals surface area contributed by atoms with E-state index in [9.17, 15) is 4.79 Å². The molecule has 0 aliphatic carbocycles. The van der Waals surface area contributed by atoms with Crippen LogP contribution in [-0.2, 0) is 0 Å². The standard InChI is InChI=1S/C13H17N5O2/c1-8-4-3-5-17(7-8)13-15-12-14-6-10(11(19)20)9(2)18(12)16-13/h6,8H,3-5,7H2,1-2H3,(H,19,20). The molecular weight excluding hydrogens is 258 g/mol. The molecule has 0 bridgehead atoms. The molecule has 0 aromatic carbocycles. The molecule has 0 spiro atoms. The largest absolute Gasteiger partial charge is 0.478 e. The Kier molecular flexibility index (Phi) is 3.04. The molecule has 1 aliphatic rings. The number of carboxylic acids is 1. The first-order chi connectivity index (χ1) is 9.56. The molecule has 0 amide bonds. The number of aromatic carboxylic acids is 1. The van der Waals surface area contributed by atoms with Crippen molar-refractivity contribution in [2.75, 3.05) is 18.0 Å². The van der Waals surface area contributed by atoms with E-state index in [-0.39, 0.29) is 5.56 Å². The Labute approximate surface area is 116 Å². The molecule has 1 aliphatic heterocycles. The summed E-state index contributed by atoms with van der Waals surface area (Å²) in [6.45, 7) is 5.80. The molecule has 3 heterocycles. The van der Waals surface area contributed by atoms with E-state index >= 15 is 0 Å². The highest BCUT2D eigenvalue weighted by Gasteiger charge is 2.21. The second kappa shape index (κ2) is 4.73. The second-order valence-corrected chi connectivity index (χ2v) is 5.38. The van der Waals surface area contributed by atoms with Gasteiger partial charge >= 0.3 is 5.97 Å². The quantitative estimate of drug-likeness (QED) is 0.891. The van der Waals surface area contributed by atoms with E-state index < -0.39 is 5.97 Å². The van der Waals surface area contributed by atoms with Crippen LogP contribution in [0.15, 0.2) is 6.20 Å². The first kappa shape index (κ1) is 12.8. The van der Waals surface area contributed by atoms with Gasteiger partial charge in [-0.15, -0.1) is 5.10 Å². The number of hydrogen-bond donors (Lipinski definition) is 1. The summed E-state index contributed by atoms with van der Waals surface area (Å²) >= 11 is 0. The number of carbonyl (C=O) groups is 1. The Bertz CT molecular complexity index is 666. The van der Waals surface area contributed by atoms with Crippen molar-refractivity contribution in [2.45, 2.75) is 26.7 Å². The fourth-order valence-corrected chi connectivity index (χ4v) is 2.65. The predicted octanol–water partition coefficient (Wildman–Crippen LogP) is 1.37. The third kappa shape index (κ3) is 2.09. The number of carboxylic acid groups (broad SMARTS) is 1. The minimum Gasteiger partial charge on any atom is -0.478 e. The minimum atomic E-state index is -0.999. The number of aryl methyl sites for hydroxylation is 1. The molecule has 2 aromatic rings. The lowest BCUT2D eigenvalue weighted by Crippen LogP contribution is -2.35. The average Bonchev–Trinajstić information content (AvgIpc) is 2.83. The van der Waals surface area contributed by atoms with Crippen molar-refractivity contribution in [3.05, 3.63) is 17.5 Å². The topological polar surface area (TPSA) is 83.6 Å². The van der Waals surface area contributed by atoms with Gasteiger partial charge in [0.2, 0.25) is 5.95 Å². The molecule has 0 saturated carbocycles. The summed E-state index contributed by atoms with van der Waals surface area (Å²) in [6, 6.07) is 0. The van der Waals surface area contributed by atoms with Crippen molar-refractivity contribution >= 4 is 17.7 Å². The van der Waals surface area contributed by atoms with Crippen molar-refractivity contribution in [2.24, 2.45) is 5.92 Å². The maximum absolute atomic E-state index is 11.1. The van der Waals surface area contributed by atoms with Crippen LogP contribution in [0.1, 0.15) is 35.8 Å². The summed E-state index contributed by atoms with van der Waals surface area (Å²) in [6.07, 6.45) is 3.69. The van der Waals surface area contributed by atoms with E-state index in [0.717, 1.165) is 19.5 Å². The predicted molar refractivity (Wildman–Crippen MR) is 73.1 cm³/mol. The fourth-order valence-electron chi connectivity index (χ4n) is 2.65. The molecule has 3 rings (SSSR count). The lowest BCUT2D eigenvalue weighted by molar-refractivity contribution is 0.0695. The lowest BCUT2D eigenvalue weighted by Gasteiger charge is -2.29. The highest BCUT2D eigenvalue weighted by molar-refractivity contribution is 5.88. The highest BCUT2D eigenvalue weighted by Crippen LogP contribution is 2.21. The number of nitrogens with zero attached hydrogens (tertiary/aromatic N) is 5. The van der Waals surface area contributed by atoms with E-state index in [4.69, 9.17) is 5.11 Å². The molecule has 2 aromatic heterocycles. The van der Waals surface area contributed by atoms with Gasteiger partial charge in [-0.2, -0.15) is 9.50 Å². The molecule has 1 N–H and O–H groups in total. The van der Waals surface area contributed by atoms with Gasteiger partial charge in [-0.1, -0.05) is 6.92 Å². The van der Waals surface area contributed by atoms with Gasteiger partial charge in [0.25, 0.3) is 5.78 Å². The van der Waals surface area contributed by atoms with Gasteiger partial charge in [0.15, 0.2) is 0 Å². The number of anilines is 1. The van der Waals surface area contributed by atoms with Crippen LogP contribution in [0.3, 0.4) is 0 Å². The number of piperidine rings is 1. The van der Waals surface area contributed by atoms with E-state index in [1.54, 1.807) is 6.92 Å². The van der Waals surface area contributed by atoms with Crippen molar-refractivity contribution < 1.29 is 9.90 Å². The summed E-state index contributed by atoms with van der Waals surface area (Å²) in [7, 11) is 0. The molecule has 20 heavy (non-hydrogen) atoms. The summed E-state index contributed by atoms with van der Waals surface area (Å²) in [5.41, 5.74) is 0.701. The Balaban J connectivity index is 2.02. The molecule has 7 heteroatoms. The monoisotopic (exact) mass is 275 g/mol. The Morgan fingerprint density at radius 3 is 3.00 bits per heavy atom. The maximum atomic E-state index is 11.1. The molecular formula is C13H17N5O2. The number of aromatic nitrogens is 4. The van der Waals surface area contributed by atoms with E-state index in [1.165, 1.54) is 17.1 Å². The van der Waals surface area contributed by atoms with E-state index in [1.807, 2.05) is 0 Å². The number of rotatable bonds is 2. The molecule has 0 radical (unpaired) electrons. The van der Waals surface area contributed by atoms with Crippen LogP contribution in [0.25, 0.3) is 5.78 Å². The van der Waals surface area contributed by atoms with Crippen LogP contribution >= 0.6 is 0 Å². The summed E-state index contributed by atoms with van der Waals surface area (Å²) in [5, 5.41) is 13.5. The summed E-state index contributed by atoms with van der Waals surface area (Å²) < 4.78 is 1.51. The van der Waals surface area contributed by atoms with Crippen molar-refractivity contribution in [1.82, 2.24) is 19.6 Å². The zero-order valence-corrected chi connectivity index (χ0v) is 11.6. The van der Waals surface area contributed by atoms with Crippen LogP contribution in [-0.4, -0.2) is 43.7 Å². The average molecular weight is 275 g/mol. The third-order valence-corrected chi connectivity index (χ3v) is 3.77. The van der Waals surface area contributed by atoms with Gasteiger partial charge in [-0.25, -0.2) is 9.78 Å². The van der Waals surface area contributed by atoms with Crippen LogP contribution in [0.5, 0.6) is 0 Å². The van der Waals surface area contributed by atoms with Crippen LogP contribution in [0.2, 0.25) is 0 Å². The van der Waals surface area contributed by atoms with Crippen LogP contribution < -0.4 is 4.90 Å². The number of hydrogen-bond acceptors (Lipinski definition) is 5. The lowest BCUT2D eigenvalue weighted by atomic mass is 10.0. The molecule has 1 unspecified atom stereocenters. The second-order valence-electron chi connectivity index (χ2n) is 5.38. The van der Waals surface area contributed by atoms with Crippen LogP contribution in [0, 0.1) is 12.8 Å². The van der Waals surface area contributed by atoms with Gasteiger partial charge in [-0.05, 0) is 25.7 Å². The van der Waals surface area contributed by atoms with Gasteiger partial charge in [0.1, 0.15) is 0 Å². The van der Waals surface area contributed by atoms with E-state index in [0.29, 0.717) is 23.3 Å². The zero-order valence-electron chi connectivity index (χ0n) is 11.6. The molecule has 106 valence electrons. The number of fused-ring (bicyclic) bond motifs is 1. The molecule has 1 atom stereocenters. The first-order valence-electron chi connectivity index (χ1n) is 6.77. The van der Waals surface area contributed by atoms with Crippen molar-refractivity contribution in [3.8, 4) is 0 Å². The van der Waals surface area contributed by atoms with Crippen molar-refractivity contribution in [1.29, 1.82) is 0 Å².